The van der Waals surface area contributed by atoms with E-state index in [1.54, 1.807) is 20.1 Å². The molecule has 4 rings (SSSR count). The number of anilines is 1. The predicted octanol–water partition coefficient (Wildman–Crippen LogP) is 3.40. The van der Waals surface area contributed by atoms with Gasteiger partial charge in [0.25, 0.3) is 0 Å². The molecule has 0 aromatic carbocycles. The van der Waals surface area contributed by atoms with Crippen molar-refractivity contribution in [2.75, 3.05) is 26.6 Å². The first-order valence-corrected chi connectivity index (χ1v) is 11.0. The second-order valence-corrected chi connectivity index (χ2v) is 9.31. The fourth-order valence-corrected chi connectivity index (χ4v) is 4.67. The maximum absolute atomic E-state index is 13.3. The van der Waals surface area contributed by atoms with Gasteiger partial charge >= 0.3 is 5.97 Å². The van der Waals surface area contributed by atoms with Gasteiger partial charge in [-0.1, -0.05) is 12.8 Å². The molecule has 2 fully saturated rings. The van der Waals surface area contributed by atoms with Crippen molar-refractivity contribution in [3.05, 3.63) is 11.8 Å². The summed E-state index contributed by atoms with van der Waals surface area (Å²) < 4.78 is 18.7. The van der Waals surface area contributed by atoms with Crippen molar-refractivity contribution in [2.24, 2.45) is 5.92 Å². The summed E-state index contributed by atoms with van der Waals surface area (Å²) in [5, 5.41) is 0.637. The highest BCUT2D eigenvalue weighted by molar-refractivity contribution is 5.96. The van der Waals surface area contributed by atoms with Gasteiger partial charge in [-0.25, -0.2) is 14.6 Å². The second-order valence-electron chi connectivity index (χ2n) is 9.31. The van der Waals surface area contributed by atoms with Crippen LogP contribution in [0, 0.1) is 5.92 Å². The Bertz CT molecular complexity index is 1000. The van der Waals surface area contributed by atoms with Gasteiger partial charge in [0.15, 0.2) is 0 Å². The lowest BCUT2D eigenvalue weighted by Crippen LogP contribution is -2.52. The van der Waals surface area contributed by atoms with Crippen molar-refractivity contribution in [3.8, 4) is 5.88 Å². The van der Waals surface area contributed by atoms with Crippen LogP contribution < -0.4 is 10.5 Å². The van der Waals surface area contributed by atoms with Crippen LogP contribution in [0.4, 0.5) is 5.95 Å². The Balaban J connectivity index is 1.65. The van der Waals surface area contributed by atoms with Gasteiger partial charge in [0.1, 0.15) is 11.3 Å². The first-order valence-electron chi connectivity index (χ1n) is 11.0. The zero-order valence-electron chi connectivity index (χ0n) is 19.3. The number of nitrogens with two attached hydrogens (primary N) is 1. The number of hydrogen-bond donors (Lipinski definition) is 1. The number of nitrogens with zero attached hydrogens (tertiary/aromatic N) is 3. The number of ether oxygens (including phenoxy) is 3. The summed E-state index contributed by atoms with van der Waals surface area (Å²) in [5.74, 6) is -1.24. The smallest absolute Gasteiger partial charge is 0.355 e. The fraction of sp³-hybridized carbons (Fsp3) is 0.682. The number of rotatable bonds is 6. The number of fused-ring (bicyclic) bond motifs is 1. The molecule has 0 bridgehead atoms. The van der Waals surface area contributed by atoms with Gasteiger partial charge in [-0.15, -0.1) is 0 Å². The molecule has 32 heavy (non-hydrogen) atoms. The quantitative estimate of drug-likeness (QED) is 0.523. The van der Waals surface area contributed by atoms with E-state index >= 15 is 0 Å². The zero-order chi connectivity index (χ0) is 23.1. The van der Waals surface area contributed by atoms with Gasteiger partial charge in [-0.2, -0.15) is 9.97 Å². The summed E-state index contributed by atoms with van der Waals surface area (Å²) in [7, 11) is 3.06. The lowest BCUT2D eigenvalue weighted by atomic mass is 9.87. The van der Waals surface area contributed by atoms with Gasteiger partial charge in [0.05, 0.1) is 30.6 Å². The molecule has 2 unspecified atom stereocenters. The van der Waals surface area contributed by atoms with Gasteiger partial charge in [0.2, 0.25) is 17.6 Å². The first-order chi connectivity index (χ1) is 15.2. The number of carbonyl (C=O) groups is 1. The molecule has 0 spiro atoms. The van der Waals surface area contributed by atoms with E-state index in [9.17, 15) is 4.79 Å². The van der Waals surface area contributed by atoms with Gasteiger partial charge in [-0.05, 0) is 46.1 Å². The predicted molar refractivity (Wildman–Crippen MR) is 116 cm³/mol. The van der Waals surface area contributed by atoms with E-state index in [1.165, 1.54) is 7.11 Å². The lowest BCUT2D eigenvalue weighted by Gasteiger charge is -2.44. The summed E-state index contributed by atoms with van der Waals surface area (Å²) in [6, 6.07) is 1.87. The molecule has 1 aliphatic carbocycles. The molecule has 0 radical (unpaired) electrons. The molecule has 176 valence electrons. The highest BCUT2D eigenvalue weighted by Gasteiger charge is 2.47. The van der Waals surface area contributed by atoms with Crippen molar-refractivity contribution in [1.82, 2.24) is 14.5 Å². The minimum absolute atomic E-state index is 0.101. The van der Waals surface area contributed by atoms with Crippen molar-refractivity contribution < 1.29 is 28.8 Å². The molecule has 2 atom stereocenters. The van der Waals surface area contributed by atoms with Crippen LogP contribution in [0.3, 0.4) is 0 Å². The van der Waals surface area contributed by atoms with Crippen LogP contribution in [-0.4, -0.2) is 52.7 Å². The molecule has 2 aromatic rings. The molecule has 1 saturated heterocycles. The Kier molecular flexibility index (Phi) is 6.04. The summed E-state index contributed by atoms with van der Waals surface area (Å²) in [6.07, 6.45) is 4.71. The normalized spacial score (nSPS) is 25.8. The average Bonchev–Trinajstić information content (AvgIpc) is 3.41. The summed E-state index contributed by atoms with van der Waals surface area (Å²) in [5.41, 5.74) is 6.39. The number of esters is 1. The number of nitrogen functional groups attached to an aromatic ring is 1. The highest BCUT2D eigenvalue weighted by atomic mass is 17.2. The van der Waals surface area contributed by atoms with E-state index in [0.717, 1.165) is 25.7 Å². The van der Waals surface area contributed by atoms with Crippen LogP contribution >= 0.6 is 0 Å². The molecule has 1 aliphatic heterocycles. The number of aromatic nitrogens is 3. The summed E-state index contributed by atoms with van der Waals surface area (Å²) in [6.45, 7) is 5.74. The van der Waals surface area contributed by atoms with Crippen LogP contribution in [-0.2, 0) is 19.2 Å². The number of carbonyl (C=O) groups excluding carboxylic acids is 1. The van der Waals surface area contributed by atoms with E-state index in [2.05, 4.69) is 9.97 Å². The van der Waals surface area contributed by atoms with Crippen LogP contribution in [0.25, 0.3) is 11.0 Å². The van der Waals surface area contributed by atoms with E-state index in [0.29, 0.717) is 29.0 Å². The van der Waals surface area contributed by atoms with Gasteiger partial charge in [-0.3, -0.25) is 0 Å². The topological polar surface area (TPSA) is 120 Å². The number of methoxy groups -OCH3 is 2. The van der Waals surface area contributed by atoms with Gasteiger partial charge in [0, 0.05) is 13.2 Å². The highest BCUT2D eigenvalue weighted by Crippen LogP contribution is 2.39. The zero-order valence-corrected chi connectivity index (χ0v) is 19.3. The van der Waals surface area contributed by atoms with E-state index < -0.39 is 17.4 Å². The Morgan fingerprint density at radius 2 is 1.94 bits per heavy atom. The fourth-order valence-electron chi connectivity index (χ4n) is 4.67. The van der Waals surface area contributed by atoms with Crippen molar-refractivity contribution in [3.63, 3.8) is 0 Å². The maximum atomic E-state index is 13.3. The molecule has 2 N–H and O–H groups in total. The third kappa shape index (κ3) is 4.14. The molecule has 2 aromatic heterocycles. The average molecular weight is 449 g/mol. The van der Waals surface area contributed by atoms with Crippen molar-refractivity contribution in [2.45, 2.75) is 70.3 Å². The van der Waals surface area contributed by atoms with Crippen LogP contribution in [0.15, 0.2) is 6.07 Å². The largest absolute Gasteiger partial charge is 0.480 e. The van der Waals surface area contributed by atoms with Crippen molar-refractivity contribution >= 4 is 23.0 Å². The molecule has 10 nitrogen and oxygen atoms in total. The SMILES string of the molecule is COc1nc(N)nc2c1cc(C(=O)OCC1CC(C)(C)OOC1(C)OC)n2C1CCCC1. The first kappa shape index (κ1) is 22.8. The van der Waals surface area contributed by atoms with Crippen LogP contribution in [0.1, 0.15) is 69.4 Å². The molecular weight excluding hydrogens is 416 g/mol. The second kappa shape index (κ2) is 8.49. The van der Waals surface area contributed by atoms with E-state index in [4.69, 9.17) is 29.7 Å². The molecular formula is C22H32N4O6. The van der Waals surface area contributed by atoms with Crippen molar-refractivity contribution in [1.29, 1.82) is 0 Å². The molecule has 2 aliphatic rings. The Morgan fingerprint density at radius 3 is 2.59 bits per heavy atom. The van der Waals surface area contributed by atoms with Gasteiger partial charge < -0.3 is 24.5 Å². The Labute approximate surface area is 187 Å². The van der Waals surface area contributed by atoms with E-state index in [1.807, 2.05) is 18.4 Å². The third-order valence-electron chi connectivity index (χ3n) is 6.50. The third-order valence-corrected chi connectivity index (χ3v) is 6.50. The minimum Gasteiger partial charge on any atom is -0.480 e. The molecule has 1 saturated carbocycles. The summed E-state index contributed by atoms with van der Waals surface area (Å²) >= 11 is 0. The van der Waals surface area contributed by atoms with Crippen LogP contribution in [0.5, 0.6) is 5.88 Å². The molecule has 0 amide bonds. The Morgan fingerprint density at radius 1 is 1.22 bits per heavy atom. The van der Waals surface area contributed by atoms with Crippen LogP contribution in [0.2, 0.25) is 0 Å². The lowest BCUT2D eigenvalue weighted by molar-refractivity contribution is -0.495. The minimum atomic E-state index is -1.02. The molecule has 3 heterocycles. The summed E-state index contributed by atoms with van der Waals surface area (Å²) in [4.78, 5) is 32.8. The maximum Gasteiger partial charge on any atom is 0.355 e. The molecule has 10 heteroatoms. The monoisotopic (exact) mass is 448 g/mol. The van der Waals surface area contributed by atoms with E-state index in [-0.39, 0.29) is 24.5 Å². The number of hydrogen-bond acceptors (Lipinski definition) is 9. The Hall–Kier alpha value is -2.43. The standard InChI is InChI=1S/C22H32N4O6/c1-21(2)11-13(22(3,29-5)32-31-21)12-30-19(27)16-10-15-17(24-20(23)25-18(15)28-4)26(16)14-8-6-7-9-14/h10,13-14H,6-9,11-12H2,1-5H3,(H2,23,24,25).